The van der Waals surface area contributed by atoms with Gasteiger partial charge in [0.05, 0.1) is 16.7 Å². The van der Waals surface area contributed by atoms with Crippen LogP contribution < -0.4 is 0 Å². The molecule has 7 nitrogen and oxygen atoms in total. The highest BCUT2D eigenvalue weighted by Crippen LogP contribution is 2.14. The molecule has 0 bridgehead atoms. The molecule has 0 radical (unpaired) electrons. The fourth-order valence-corrected chi connectivity index (χ4v) is 1.34. The van der Waals surface area contributed by atoms with Gasteiger partial charge in [-0.2, -0.15) is 0 Å². The van der Waals surface area contributed by atoms with E-state index < -0.39 is 29.6 Å². The zero-order valence-electron chi connectivity index (χ0n) is 10.9. The van der Waals surface area contributed by atoms with Crippen LogP contribution in [0.4, 0.5) is 0 Å². The smallest absolute Gasteiger partial charge is 0.346 e. The second-order valence-corrected chi connectivity index (χ2v) is 4.62. The molecule has 0 aromatic heterocycles. The number of carbonyl (C=O) groups excluding carboxylic acids is 2. The molecule has 0 fully saturated rings. The Morgan fingerprint density at radius 1 is 1.15 bits per heavy atom. The normalized spacial score (nSPS) is 12.6. The molecule has 0 aliphatic carbocycles. The first-order valence-electron chi connectivity index (χ1n) is 5.63. The number of carboxylic acids is 1. The maximum atomic E-state index is 11.7. The van der Waals surface area contributed by atoms with E-state index in [-0.39, 0.29) is 11.1 Å². The highest BCUT2D eigenvalue weighted by molar-refractivity contribution is 6.05. The molecule has 7 heteroatoms. The topological polar surface area (TPSA) is 121 Å². The first-order valence-corrected chi connectivity index (χ1v) is 5.63. The van der Waals surface area contributed by atoms with E-state index in [1.807, 2.05) is 0 Å². The lowest BCUT2D eigenvalue weighted by atomic mass is 10.0. The second kappa shape index (κ2) is 5.81. The molecule has 0 saturated carbocycles. The Kier molecular flexibility index (Phi) is 4.59. The Bertz CT molecular complexity index is 542. The van der Waals surface area contributed by atoms with E-state index in [4.69, 9.17) is 5.11 Å². The van der Waals surface area contributed by atoms with Crippen molar-refractivity contribution in [2.45, 2.75) is 25.6 Å². The summed E-state index contributed by atoms with van der Waals surface area (Å²) >= 11 is 0. The molecule has 0 aliphatic heterocycles. The predicted molar refractivity (Wildman–Crippen MR) is 66.1 cm³/mol. The van der Waals surface area contributed by atoms with Crippen LogP contribution in [0.25, 0.3) is 0 Å². The predicted octanol–water partition coefficient (Wildman–Crippen LogP) is 0.200. The van der Waals surface area contributed by atoms with Crippen LogP contribution in [-0.4, -0.2) is 44.9 Å². The number of hydrogen-bond donors (Lipinski definition) is 3. The molecule has 0 aliphatic rings. The summed E-state index contributed by atoms with van der Waals surface area (Å²) in [6, 6.07) is 5.17. The molecular formula is C13H14O7. The van der Waals surface area contributed by atoms with Crippen LogP contribution in [0.2, 0.25) is 0 Å². The maximum absolute atomic E-state index is 11.7. The summed E-state index contributed by atoms with van der Waals surface area (Å²) in [5.41, 5.74) is -2.44. The van der Waals surface area contributed by atoms with E-state index in [0.717, 1.165) is 13.8 Å². The number of carboxylic acid groups (broad SMARTS) is 1. The summed E-state index contributed by atoms with van der Waals surface area (Å²) in [5, 5.41) is 27.8. The van der Waals surface area contributed by atoms with Crippen LogP contribution in [0, 0.1) is 0 Å². The van der Waals surface area contributed by atoms with Gasteiger partial charge in [0, 0.05) is 0 Å². The van der Waals surface area contributed by atoms with Gasteiger partial charge in [-0.25, -0.2) is 14.4 Å². The van der Waals surface area contributed by atoms with Crippen molar-refractivity contribution in [2.75, 3.05) is 0 Å². The first-order chi connectivity index (χ1) is 9.14. The summed E-state index contributed by atoms with van der Waals surface area (Å²) in [4.78, 5) is 34.1. The zero-order valence-corrected chi connectivity index (χ0v) is 10.9. The summed E-state index contributed by atoms with van der Waals surface area (Å²) in [7, 11) is 0. The molecule has 1 unspecified atom stereocenters. The lowest BCUT2D eigenvalue weighted by molar-refractivity contribution is -0.160. The third-order valence-corrected chi connectivity index (χ3v) is 2.46. The molecule has 20 heavy (non-hydrogen) atoms. The minimum absolute atomic E-state index is 0.323. The van der Waals surface area contributed by atoms with Gasteiger partial charge >= 0.3 is 17.9 Å². The number of ether oxygens (including phenoxy) is 1. The van der Waals surface area contributed by atoms with Crippen molar-refractivity contribution in [3.05, 3.63) is 35.4 Å². The number of esters is 2. The van der Waals surface area contributed by atoms with Gasteiger partial charge in [0.2, 0.25) is 0 Å². The first kappa shape index (κ1) is 15.8. The summed E-state index contributed by atoms with van der Waals surface area (Å²) in [6.45, 7) is 2.32. The van der Waals surface area contributed by atoms with Crippen molar-refractivity contribution in [2.24, 2.45) is 0 Å². The minimum atomic E-state index is -1.93. The molecule has 1 aromatic rings. The fourth-order valence-electron chi connectivity index (χ4n) is 1.34. The van der Waals surface area contributed by atoms with Crippen molar-refractivity contribution < 1.29 is 34.4 Å². The van der Waals surface area contributed by atoms with E-state index in [1.54, 1.807) is 0 Å². The molecule has 0 heterocycles. The lowest BCUT2D eigenvalue weighted by Crippen LogP contribution is -2.43. The van der Waals surface area contributed by atoms with Crippen LogP contribution in [0.15, 0.2) is 24.3 Å². The van der Waals surface area contributed by atoms with Crippen LogP contribution in [0.3, 0.4) is 0 Å². The second-order valence-electron chi connectivity index (χ2n) is 4.62. The van der Waals surface area contributed by atoms with Gasteiger partial charge in [0.25, 0.3) is 0 Å². The monoisotopic (exact) mass is 282 g/mol. The number of aromatic carboxylic acids is 1. The van der Waals surface area contributed by atoms with Crippen LogP contribution in [-0.2, 0) is 9.53 Å². The van der Waals surface area contributed by atoms with Crippen LogP contribution in [0.1, 0.15) is 34.6 Å². The molecule has 1 atom stereocenters. The molecule has 1 rings (SSSR count). The average molecular weight is 282 g/mol. The highest BCUT2D eigenvalue weighted by Gasteiger charge is 2.34. The average Bonchev–Trinajstić information content (AvgIpc) is 2.36. The van der Waals surface area contributed by atoms with Gasteiger partial charge in [-0.15, -0.1) is 0 Å². The third kappa shape index (κ3) is 3.62. The summed E-state index contributed by atoms with van der Waals surface area (Å²) in [5.74, 6) is -3.92. The van der Waals surface area contributed by atoms with Gasteiger partial charge in [-0.3, -0.25) is 0 Å². The van der Waals surface area contributed by atoms with Gasteiger partial charge in [-0.05, 0) is 26.0 Å². The van der Waals surface area contributed by atoms with E-state index >= 15 is 0 Å². The molecular weight excluding hydrogens is 268 g/mol. The van der Waals surface area contributed by atoms with Gasteiger partial charge in [-0.1, -0.05) is 12.1 Å². The fraction of sp³-hybridized carbons (Fsp3) is 0.308. The Morgan fingerprint density at radius 2 is 1.65 bits per heavy atom. The van der Waals surface area contributed by atoms with Gasteiger partial charge in [0.1, 0.15) is 0 Å². The molecule has 0 saturated heterocycles. The standard InChI is InChI=1S/C13H14O7/c1-13(2,19)9(14)12(18)20-11(17)8-6-4-3-5-7(8)10(15)16/h3-6,9,14,19H,1-2H3,(H,15,16). The van der Waals surface area contributed by atoms with Crippen molar-refractivity contribution in [1.29, 1.82) is 0 Å². The SMILES string of the molecule is CC(C)(O)C(O)C(=O)OC(=O)c1ccccc1C(=O)O. The Morgan fingerprint density at radius 3 is 2.10 bits per heavy atom. The number of hydrogen-bond acceptors (Lipinski definition) is 6. The number of aliphatic hydroxyl groups excluding tert-OH is 1. The highest BCUT2D eigenvalue weighted by atomic mass is 16.6. The quantitative estimate of drug-likeness (QED) is 0.532. The van der Waals surface area contributed by atoms with Crippen LogP contribution in [0.5, 0.6) is 0 Å². The summed E-state index contributed by atoms with van der Waals surface area (Å²) < 4.78 is 4.36. The van der Waals surface area contributed by atoms with Crippen molar-refractivity contribution >= 4 is 17.9 Å². The van der Waals surface area contributed by atoms with Crippen LogP contribution >= 0.6 is 0 Å². The number of benzene rings is 1. The lowest BCUT2D eigenvalue weighted by Gasteiger charge is -2.22. The van der Waals surface area contributed by atoms with E-state index in [9.17, 15) is 24.6 Å². The number of aliphatic hydroxyl groups is 2. The Balaban J connectivity index is 2.93. The molecule has 0 spiro atoms. The number of carbonyl (C=O) groups is 3. The van der Waals surface area contributed by atoms with E-state index in [1.165, 1.54) is 24.3 Å². The van der Waals surface area contributed by atoms with Crippen molar-refractivity contribution in [3.8, 4) is 0 Å². The van der Waals surface area contributed by atoms with Gasteiger partial charge < -0.3 is 20.1 Å². The molecule has 108 valence electrons. The Hall–Kier alpha value is -2.25. The molecule has 0 amide bonds. The zero-order chi connectivity index (χ0) is 15.5. The molecule has 1 aromatic carbocycles. The van der Waals surface area contributed by atoms with Crippen molar-refractivity contribution in [3.63, 3.8) is 0 Å². The molecule has 3 N–H and O–H groups in total. The van der Waals surface area contributed by atoms with E-state index in [0.29, 0.717) is 0 Å². The Labute approximate surface area is 114 Å². The largest absolute Gasteiger partial charge is 0.478 e. The van der Waals surface area contributed by atoms with E-state index in [2.05, 4.69) is 4.74 Å². The number of rotatable bonds is 4. The minimum Gasteiger partial charge on any atom is -0.478 e. The van der Waals surface area contributed by atoms with Gasteiger partial charge in [0.15, 0.2) is 6.10 Å². The third-order valence-electron chi connectivity index (χ3n) is 2.46. The van der Waals surface area contributed by atoms with Crippen molar-refractivity contribution in [1.82, 2.24) is 0 Å². The maximum Gasteiger partial charge on any atom is 0.346 e. The summed E-state index contributed by atoms with van der Waals surface area (Å²) in [6.07, 6.45) is -1.93.